The molecule has 3 nitrogen and oxygen atoms in total. The molecule has 0 spiro atoms. The lowest BCUT2D eigenvalue weighted by Crippen LogP contribution is -2.60. The summed E-state index contributed by atoms with van der Waals surface area (Å²) in [7, 11) is 0. The van der Waals surface area contributed by atoms with Gasteiger partial charge in [0.2, 0.25) is 5.91 Å². The van der Waals surface area contributed by atoms with Gasteiger partial charge in [-0.25, -0.2) is 0 Å². The molecule has 0 aromatic rings. The molecule has 2 heterocycles. The molecule has 2 rings (SSSR count). The molecule has 2 aliphatic heterocycles. The molecule has 2 saturated heterocycles. The third kappa shape index (κ3) is 2.28. The number of nitrogens with zero attached hydrogens (tertiary/aromatic N) is 2. The molecule has 15 heavy (non-hydrogen) atoms. The normalized spacial score (nSPS) is 32.5. The highest BCUT2D eigenvalue weighted by molar-refractivity contribution is 6.27. The van der Waals surface area contributed by atoms with Gasteiger partial charge in [0.25, 0.3) is 0 Å². The fraction of sp³-hybridized carbons (Fsp3) is 0.909. The minimum absolute atomic E-state index is 0.0920. The van der Waals surface area contributed by atoms with Gasteiger partial charge in [-0.2, -0.15) is 0 Å². The topological polar surface area (TPSA) is 23.6 Å². The standard InChI is InChI=1S/C11H19ClN2O/c1-9-7-13-5-3-2-4-10(13)8-14(9)11(15)6-12/h9-10H,2-8H2,1H3. The SMILES string of the molecule is CC1CN2CCCCC2CN1C(=O)CCl. The van der Waals surface area contributed by atoms with Gasteiger partial charge >= 0.3 is 0 Å². The van der Waals surface area contributed by atoms with Gasteiger partial charge in [-0.05, 0) is 26.3 Å². The van der Waals surface area contributed by atoms with Gasteiger partial charge in [0.1, 0.15) is 5.88 Å². The Labute approximate surface area is 96.4 Å². The van der Waals surface area contributed by atoms with Crippen molar-refractivity contribution >= 4 is 17.5 Å². The van der Waals surface area contributed by atoms with E-state index in [0.717, 1.165) is 13.1 Å². The summed E-state index contributed by atoms with van der Waals surface area (Å²) in [6.45, 7) is 5.23. The maximum atomic E-state index is 11.6. The summed E-state index contributed by atoms with van der Waals surface area (Å²) in [6, 6.07) is 0.910. The van der Waals surface area contributed by atoms with Crippen LogP contribution in [0.3, 0.4) is 0 Å². The Kier molecular flexibility index (Phi) is 3.52. The minimum atomic E-state index is 0.0920. The van der Waals surface area contributed by atoms with Crippen molar-refractivity contribution in [3.05, 3.63) is 0 Å². The maximum Gasteiger partial charge on any atom is 0.237 e. The summed E-state index contributed by atoms with van der Waals surface area (Å²) >= 11 is 5.62. The van der Waals surface area contributed by atoms with Crippen molar-refractivity contribution in [3.63, 3.8) is 0 Å². The van der Waals surface area contributed by atoms with E-state index in [1.807, 2.05) is 4.90 Å². The monoisotopic (exact) mass is 230 g/mol. The largest absolute Gasteiger partial charge is 0.336 e. The summed E-state index contributed by atoms with van der Waals surface area (Å²) in [6.07, 6.45) is 3.85. The van der Waals surface area contributed by atoms with E-state index >= 15 is 0 Å². The Balaban J connectivity index is 2.01. The summed E-state index contributed by atoms with van der Waals surface area (Å²) in [5, 5.41) is 0. The third-order valence-corrected chi connectivity index (χ3v) is 3.85. The van der Waals surface area contributed by atoms with E-state index in [0.29, 0.717) is 12.1 Å². The zero-order chi connectivity index (χ0) is 10.8. The quantitative estimate of drug-likeness (QED) is 0.635. The Bertz CT molecular complexity index is 247. The van der Waals surface area contributed by atoms with Crippen molar-refractivity contribution in [2.45, 2.75) is 38.3 Å². The smallest absolute Gasteiger partial charge is 0.237 e. The van der Waals surface area contributed by atoms with Crippen LogP contribution in [0.1, 0.15) is 26.2 Å². The summed E-state index contributed by atoms with van der Waals surface area (Å²) in [5.74, 6) is 0.214. The maximum absolute atomic E-state index is 11.6. The van der Waals surface area contributed by atoms with Crippen molar-refractivity contribution in [2.75, 3.05) is 25.5 Å². The highest BCUT2D eigenvalue weighted by atomic mass is 35.5. The van der Waals surface area contributed by atoms with Gasteiger partial charge in [-0.1, -0.05) is 6.42 Å². The van der Waals surface area contributed by atoms with Gasteiger partial charge in [0.05, 0.1) is 0 Å². The molecule has 1 amide bonds. The summed E-state index contributed by atoms with van der Waals surface area (Å²) < 4.78 is 0. The predicted molar refractivity (Wildman–Crippen MR) is 61.1 cm³/mol. The number of alkyl halides is 1. The van der Waals surface area contributed by atoms with Crippen molar-refractivity contribution < 1.29 is 4.79 Å². The predicted octanol–water partition coefficient (Wildman–Crippen LogP) is 1.31. The highest BCUT2D eigenvalue weighted by Crippen LogP contribution is 2.24. The Hall–Kier alpha value is -0.280. The minimum Gasteiger partial charge on any atom is -0.336 e. The van der Waals surface area contributed by atoms with Crippen LogP contribution in [-0.2, 0) is 4.79 Å². The van der Waals surface area contributed by atoms with Crippen LogP contribution in [0.15, 0.2) is 0 Å². The second-order valence-corrected chi connectivity index (χ2v) is 4.94. The number of fused-ring (bicyclic) bond motifs is 1. The van der Waals surface area contributed by atoms with Crippen LogP contribution >= 0.6 is 11.6 Å². The molecule has 2 fully saturated rings. The molecule has 0 radical (unpaired) electrons. The van der Waals surface area contributed by atoms with Crippen LogP contribution in [0, 0.1) is 0 Å². The van der Waals surface area contributed by atoms with Gasteiger partial charge in [-0.15, -0.1) is 11.6 Å². The summed E-state index contributed by atoms with van der Waals surface area (Å²) in [4.78, 5) is 16.1. The van der Waals surface area contributed by atoms with E-state index in [-0.39, 0.29) is 11.8 Å². The lowest BCUT2D eigenvalue weighted by atomic mass is 9.97. The van der Waals surface area contributed by atoms with Gasteiger partial charge in [-0.3, -0.25) is 9.69 Å². The molecule has 4 heteroatoms. The average Bonchev–Trinajstić information content (AvgIpc) is 2.27. The number of amides is 1. The van der Waals surface area contributed by atoms with Crippen molar-refractivity contribution in [2.24, 2.45) is 0 Å². The first-order valence-corrected chi connectivity index (χ1v) is 6.35. The lowest BCUT2D eigenvalue weighted by Gasteiger charge is -2.47. The van der Waals surface area contributed by atoms with E-state index < -0.39 is 0 Å². The number of piperazine rings is 1. The molecule has 2 unspecified atom stereocenters. The lowest BCUT2D eigenvalue weighted by molar-refractivity contribution is -0.135. The fourth-order valence-corrected chi connectivity index (χ4v) is 2.93. The zero-order valence-electron chi connectivity index (χ0n) is 9.29. The van der Waals surface area contributed by atoms with Crippen molar-refractivity contribution in [1.82, 2.24) is 9.80 Å². The van der Waals surface area contributed by atoms with Gasteiger partial charge < -0.3 is 4.90 Å². The van der Waals surface area contributed by atoms with Gasteiger partial charge in [0.15, 0.2) is 0 Å². The number of hydrogen-bond acceptors (Lipinski definition) is 2. The van der Waals surface area contributed by atoms with Crippen LogP contribution in [0.4, 0.5) is 0 Å². The van der Waals surface area contributed by atoms with Crippen LogP contribution in [0.25, 0.3) is 0 Å². The zero-order valence-corrected chi connectivity index (χ0v) is 10.0. The molecule has 0 aliphatic carbocycles. The van der Waals surface area contributed by atoms with Crippen LogP contribution in [-0.4, -0.2) is 53.3 Å². The van der Waals surface area contributed by atoms with E-state index in [9.17, 15) is 4.79 Å². The Morgan fingerprint density at radius 1 is 1.40 bits per heavy atom. The molecule has 0 saturated carbocycles. The van der Waals surface area contributed by atoms with E-state index in [1.54, 1.807) is 0 Å². The summed E-state index contributed by atoms with van der Waals surface area (Å²) in [5.41, 5.74) is 0. The Morgan fingerprint density at radius 2 is 2.20 bits per heavy atom. The molecule has 2 atom stereocenters. The number of hydrogen-bond donors (Lipinski definition) is 0. The number of rotatable bonds is 1. The number of carbonyl (C=O) groups is 1. The molecule has 0 aromatic heterocycles. The first kappa shape index (κ1) is 11.2. The number of piperidine rings is 1. The first-order valence-electron chi connectivity index (χ1n) is 5.82. The third-order valence-electron chi connectivity index (χ3n) is 3.62. The molecule has 2 aliphatic rings. The van der Waals surface area contributed by atoms with Crippen LogP contribution < -0.4 is 0 Å². The van der Waals surface area contributed by atoms with Crippen molar-refractivity contribution in [3.8, 4) is 0 Å². The molecule has 86 valence electrons. The second-order valence-electron chi connectivity index (χ2n) is 4.67. The molecular weight excluding hydrogens is 212 g/mol. The number of halogens is 1. The van der Waals surface area contributed by atoms with E-state index in [2.05, 4.69) is 11.8 Å². The molecular formula is C11H19ClN2O. The van der Waals surface area contributed by atoms with Crippen LogP contribution in [0.2, 0.25) is 0 Å². The average molecular weight is 231 g/mol. The van der Waals surface area contributed by atoms with Crippen molar-refractivity contribution in [1.29, 1.82) is 0 Å². The molecule has 0 bridgehead atoms. The molecule has 0 N–H and O–H groups in total. The Morgan fingerprint density at radius 3 is 2.93 bits per heavy atom. The van der Waals surface area contributed by atoms with E-state index in [1.165, 1.54) is 25.8 Å². The fourth-order valence-electron chi connectivity index (χ4n) is 2.78. The van der Waals surface area contributed by atoms with Crippen LogP contribution in [0.5, 0.6) is 0 Å². The van der Waals surface area contributed by atoms with Gasteiger partial charge in [0, 0.05) is 25.2 Å². The molecule has 0 aromatic carbocycles. The highest BCUT2D eigenvalue weighted by Gasteiger charge is 2.34. The second kappa shape index (κ2) is 4.71. The first-order chi connectivity index (χ1) is 7.22. The van der Waals surface area contributed by atoms with E-state index in [4.69, 9.17) is 11.6 Å². The number of carbonyl (C=O) groups excluding carboxylic acids is 1.